The zero-order valence-corrected chi connectivity index (χ0v) is 24.3. The molecule has 0 saturated carbocycles. The monoisotopic (exact) mass is 583 g/mol. The number of rotatable bonds is 7. The number of benzene rings is 6. The highest BCUT2D eigenvalue weighted by Gasteiger charge is 2.16. The van der Waals surface area contributed by atoms with Crippen molar-refractivity contribution in [3.63, 3.8) is 0 Å². The molecule has 2 N–H and O–H groups in total. The topological polar surface area (TPSA) is 69.0 Å². The molecule has 0 spiro atoms. The van der Waals surface area contributed by atoms with Crippen LogP contribution >= 0.6 is 0 Å². The summed E-state index contributed by atoms with van der Waals surface area (Å²) in [7, 11) is 0. The molecule has 216 valence electrons. The van der Waals surface area contributed by atoms with Gasteiger partial charge in [-0.25, -0.2) is 4.98 Å². The Morgan fingerprint density at radius 1 is 0.533 bits per heavy atom. The fourth-order valence-corrected chi connectivity index (χ4v) is 5.58. The second-order valence-corrected chi connectivity index (χ2v) is 10.7. The number of aromatic nitrogens is 1. The molecular weight excluding hydrogens is 554 g/mol. The smallest absolute Gasteiger partial charge is 0.127 e. The standard InChI is InChI=1S/C40H29N3O2/c44-38-21-11-15-29-14-10-20-36(40(29)38)41-27-31-24-30(28-12-4-1-5-13-28)25-37(42-31)35-23-22-34(26-39(35)45)43(32-16-6-2-7-17-32)33-18-8-3-9-19-33/h1-27,44-45H. The van der Waals surface area contributed by atoms with Gasteiger partial charge in [-0.05, 0) is 77.2 Å². The zero-order chi connectivity index (χ0) is 30.6. The molecule has 0 amide bonds. The number of hydrogen-bond acceptors (Lipinski definition) is 5. The number of phenols is 2. The first-order valence-corrected chi connectivity index (χ1v) is 14.7. The number of anilines is 3. The second-order valence-electron chi connectivity index (χ2n) is 10.7. The van der Waals surface area contributed by atoms with Crippen molar-refractivity contribution < 1.29 is 10.2 Å². The number of hydrogen-bond donors (Lipinski definition) is 2. The minimum atomic E-state index is 0.115. The van der Waals surface area contributed by atoms with Crippen LogP contribution < -0.4 is 4.90 Å². The van der Waals surface area contributed by atoms with Gasteiger partial charge in [0.25, 0.3) is 0 Å². The Bertz CT molecular complexity index is 2080. The number of fused-ring (bicyclic) bond motifs is 1. The summed E-state index contributed by atoms with van der Waals surface area (Å²) >= 11 is 0. The van der Waals surface area contributed by atoms with Gasteiger partial charge in [0.1, 0.15) is 11.5 Å². The van der Waals surface area contributed by atoms with Gasteiger partial charge in [-0.2, -0.15) is 0 Å². The molecule has 0 aliphatic heterocycles. The summed E-state index contributed by atoms with van der Waals surface area (Å²) in [5, 5.41) is 23.6. The molecule has 1 aromatic heterocycles. The van der Waals surface area contributed by atoms with Crippen LogP contribution in [-0.2, 0) is 0 Å². The Hall–Kier alpha value is -6.20. The van der Waals surface area contributed by atoms with Crippen molar-refractivity contribution in [2.75, 3.05) is 4.90 Å². The summed E-state index contributed by atoms with van der Waals surface area (Å²) in [6, 6.07) is 51.0. The molecule has 5 heteroatoms. The van der Waals surface area contributed by atoms with Gasteiger partial charge in [0.2, 0.25) is 0 Å². The van der Waals surface area contributed by atoms with Gasteiger partial charge in [0, 0.05) is 34.1 Å². The normalized spacial score (nSPS) is 11.2. The summed E-state index contributed by atoms with van der Waals surface area (Å²) in [4.78, 5) is 11.8. The molecule has 7 rings (SSSR count). The Kier molecular flexibility index (Phi) is 7.48. The average molecular weight is 584 g/mol. The summed E-state index contributed by atoms with van der Waals surface area (Å²) in [6.45, 7) is 0. The molecule has 0 atom stereocenters. The van der Waals surface area contributed by atoms with E-state index in [4.69, 9.17) is 9.98 Å². The first kappa shape index (κ1) is 27.6. The molecule has 0 aliphatic carbocycles. The minimum absolute atomic E-state index is 0.115. The van der Waals surface area contributed by atoms with Crippen LogP contribution in [0.5, 0.6) is 11.5 Å². The van der Waals surface area contributed by atoms with E-state index >= 15 is 0 Å². The molecule has 0 unspecified atom stereocenters. The summed E-state index contributed by atoms with van der Waals surface area (Å²) < 4.78 is 0. The number of aromatic hydroxyl groups is 2. The van der Waals surface area contributed by atoms with Crippen molar-refractivity contribution in [1.82, 2.24) is 4.98 Å². The fraction of sp³-hybridized carbons (Fsp3) is 0. The van der Waals surface area contributed by atoms with Crippen LogP contribution in [0.15, 0.2) is 163 Å². The lowest BCUT2D eigenvalue weighted by Gasteiger charge is -2.25. The molecule has 5 nitrogen and oxygen atoms in total. The molecule has 1 heterocycles. The van der Waals surface area contributed by atoms with Gasteiger partial charge in [-0.3, -0.25) is 4.99 Å². The van der Waals surface area contributed by atoms with Crippen LogP contribution in [-0.4, -0.2) is 21.4 Å². The van der Waals surface area contributed by atoms with E-state index in [0.29, 0.717) is 28.0 Å². The fourth-order valence-electron chi connectivity index (χ4n) is 5.58. The highest BCUT2D eigenvalue weighted by atomic mass is 16.3. The lowest BCUT2D eigenvalue weighted by Crippen LogP contribution is -2.09. The number of aliphatic imine (C=N–C) groups is 1. The molecule has 45 heavy (non-hydrogen) atoms. The third-order valence-electron chi connectivity index (χ3n) is 7.69. The van der Waals surface area contributed by atoms with Crippen LogP contribution in [0.2, 0.25) is 0 Å². The lowest BCUT2D eigenvalue weighted by atomic mass is 10.0. The maximum absolute atomic E-state index is 11.5. The molecule has 0 radical (unpaired) electrons. The van der Waals surface area contributed by atoms with Gasteiger partial charge < -0.3 is 15.1 Å². The molecule has 0 saturated heterocycles. The van der Waals surface area contributed by atoms with Crippen molar-refractivity contribution in [2.24, 2.45) is 4.99 Å². The third-order valence-corrected chi connectivity index (χ3v) is 7.69. The van der Waals surface area contributed by atoms with Crippen molar-refractivity contribution in [2.45, 2.75) is 0 Å². The zero-order valence-electron chi connectivity index (χ0n) is 24.3. The van der Waals surface area contributed by atoms with Gasteiger partial charge in [0.05, 0.1) is 23.3 Å². The Morgan fingerprint density at radius 2 is 1.18 bits per heavy atom. The van der Waals surface area contributed by atoms with Crippen LogP contribution in [0.3, 0.4) is 0 Å². The van der Waals surface area contributed by atoms with Gasteiger partial charge in [0.15, 0.2) is 0 Å². The predicted octanol–water partition coefficient (Wildman–Crippen LogP) is 10.2. The first-order chi connectivity index (χ1) is 22.1. The molecule has 0 aliphatic rings. The highest BCUT2D eigenvalue weighted by molar-refractivity contribution is 5.99. The largest absolute Gasteiger partial charge is 0.507 e. The van der Waals surface area contributed by atoms with Gasteiger partial charge in [-0.1, -0.05) is 91.0 Å². The highest BCUT2D eigenvalue weighted by Crippen LogP contribution is 2.40. The van der Waals surface area contributed by atoms with Crippen molar-refractivity contribution in [3.8, 4) is 33.9 Å². The van der Waals surface area contributed by atoms with E-state index in [1.165, 1.54) is 0 Å². The second kappa shape index (κ2) is 12.2. The molecule has 0 fully saturated rings. The number of phenolic OH excluding ortho intramolecular Hbond substituents is 2. The summed E-state index contributed by atoms with van der Waals surface area (Å²) in [6.07, 6.45) is 1.70. The van der Waals surface area contributed by atoms with E-state index < -0.39 is 0 Å². The van der Waals surface area contributed by atoms with Gasteiger partial charge >= 0.3 is 0 Å². The molecule has 7 aromatic rings. The quantitative estimate of drug-likeness (QED) is 0.183. The maximum Gasteiger partial charge on any atom is 0.127 e. The SMILES string of the molecule is Oc1cc(N(c2ccccc2)c2ccccc2)ccc1-c1cc(-c2ccccc2)cc(C=Nc2cccc3cccc(O)c23)n1. The molecule has 0 bridgehead atoms. The number of para-hydroxylation sites is 2. The number of pyridine rings is 1. The number of nitrogens with zero attached hydrogens (tertiary/aromatic N) is 3. The van der Waals surface area contributed by atoms with Crippen molar-refractivity contribution in [1.29, 1.82) is 0 Å². The van der Waals surface area contributed by atoms with E-state index in [0.717, 1.165) is 33.6 Å². The summed E-state index contributed by atoms with van der Waals surface area (Å²) in [5.74, 6) is 0.293. The average Bonchev–Trinajstić information content (AvgIpc) is 3.09. The lowest BCUT2D eigenvalue weighted by molar-refractivity contribution is 0.477. The Balaban J connectivity index is 1.32. The maximum atomic E-state index is 11.5. The van der Waals surface area contributed by atoms with E-state index in [1.807, 2.05) is 146 Å². The van der Waals surface area contributed by atoms with Crippen molar-refractivity contribution >= 4 is 39.7 Å². The van der Waals surface area contributed by atoms with E-state index in [1.54, 1.807) is 18.3 Å². The van der Waals surface area contributed by atoms with Gasteiger partial charge in [-0.15, -0.1) is 0 Å². The van der Waals surface area contributed by atoms with E-state index in [2.05, 4.69) is 4.90 Å². The molecule has 6 aromatic carbocycles. The Labute approximate surface area is 261 Å². The minimum Gasteiger partial charge on any atom is -0.507 e. The van der Waals surface area contributed by atoms with Crippen LogP contribution in [0.25, 0.3) is 33.2 Å². The van der Waals surface area contributed by atoms with E-state index in [9.17, 15) is 10.2 Å². The summed E-state index contributed by atoms with van der Waals surface area (Å²) in [5.41, 5.74) is 7.26. The molecular formula is C40H29N3O2. The van der Waals surface area contributed by atoms with Crippen molar-refractivity contribution in [3.05, 3.63) is 163 Å². The Morgan fingerprint density at radius 3 is 1.84 bits per heavy atom. The van der Waals surface area contributed by atoms with Crippen LogP contribution in [0, 0.1) is 0 Å². The predicted molar refractivity (Wildman–Crippen MR) is 184 cm³/mol. The first-order valence-electron chi connectivity index (χ1n) is 14.7. The van der Waals surface area contributed by atoms with Crippen LogP contribution in [0.1, 0.15) is 5.69 Å². The van der Waals surface area contributed by atoms with E-state index in [-0.39, 0.29) is 11.5 Å². The van der Waals surface area contributed by atoms with Crippen LogP contribution in [0.4, 0.5) is 22.7 Å². The third kappa shape index (κ3) is 5.75.